The molecule has 1 aromatic carbocycles. The molecule has 1 aromatic rings. The van der Waals surface area contributed by atoms with Crippen LogP contribution < -0.4 is 0 Å². The summed E-state index contributed by atoms with van der Waals surface area (Å²) in [7, 11) is 0.900. The van der Waals surface area contributed by atoms with Crippen LogP contribution in [-0.4, -0.2) is 5.16 Å². The molecule has 0 heterocycles. The highest BCUT2D eigenvalue weighted by atomic mass is 31.1. The smallest absolute Gasteiger partial charge is 0.0345 e. The molecule has 0 aromatic heterocycles. The summed E-state index contributed by atoms with van der Waals surface area (Å²) in [6, 6.07) is 10.9. The highest BCUT2D eigenvalue weighted by molar-refractivity contribution is 7.41. The third-order valence-electron chi connectivity index (χ3n) is 2.95. The van der Waals surface area contributed by atoms with E-state index in [1.54, 1.807) is 0 Å². The van der Waals surface area contributed by atoms with E-state index in [2.05, 4.69) is 75.4 Å². The molecule has 2 atom stereocenters. The molecule has 0 fully saturated rings. The van der Waals surface area contributed by atoms with Gasteiger partial charge in [0, 0.05) is 5.16 Å². The second kappa shape index (κ2) is 4.78. The van der Waals surface area contributed by atoms with Crippen molar-refractivity contribution in [2.24, 2.45) is 0 Å². The van der Waals surface area contributed by atoms with E-state index in [1.165, 1.54) is 5.56 Å². The topological polar surface area (TPSA) is 0 Å². The molecule has 0 saturated heterocycles. The van der Waals surface area contributed by atoms with Crippen LogP contribution >= 0.6 is 8.58 Å². The third kappa shape index (κ3) is 3.07. The van der Waals surface area contributed by atoms with Gasteiger partial charge >= 0.3 is 0 Å². The highest BCUT2D eigenvalue weighted by Crippen LogP contribution is 2.53. The molecule has 0 saturated carbocycles. The van der Waals surface area contributed by atoms with Crippen molar-refractivity contribution in [3.8, 4) is 0 Å². The Kier molecular flexibility index (Phi) is 3.54. The fourth-order valence-electron chi connectivity index (χ4n) is 2.40. The fourth-order valence-corrected chi connectivity index (χ4v) is 4.45. The van der Waals surface area contributed by atoms with E-state index in [0.717, 1.165) is 15.0 Å². The Balaban J connectivity index is 2.38. The van der Waals surface area contributed by atoms with Gasteiger partial charge in [0.1, 0.15) is 0 Å². The maximum atomic E-state index is 2.39. The summed E-state index contributed by atoms with van der Waals surface area (Å²) in [5.41, 5.74) is 1.45. The summed E-state index contributed by atoms with van der Waals surface area (Å²) >= 11 is 0. The number of rotatable bonds is 2. The lowest BCUT2D eigenvalue weighted by molar-refractivity contribution is 0.713. The van der Waals surface area contributed by atoms with Crippen LogP contribution in [0, 0.1) is 0 Å². The lowest BCUT2D eigenvalue weighted by Crippen LogP contribution is -2.24. The lowest BCUT2D eigenvalue weighted by Gasteiger charge is -2.38. The normalized spacial score (nSPS) is 24.6. The number of hydrogen-bond acceptors (Lipinski definition) is 0. The molecule has 2 rings (SSSR count). The van der Waals surface area contributed by atoms with E-state index in [9.17, 15) is 0 Å². The molecule has 0 radical (unpaired) electrons. The standard InChI is InChI=1S/C16H21P/c1-15(2,3)17-16(12-8-5-9-13-16)14-10-6-4-7-11-14/h4-12,17H,13H2,1-3H3. The first-order chi connectivity index (χ1) is 8.02. The summed E-state index contributed by atoms with van der Waals surface area (Å²) < 4.78 is 0. The Morgan fingerprint density at radius 3 is 2.29 bits per heavy atom. The van der Waals surface area contributed by atoms with Gasteiger partial charge in [-0.2, -0.15) is 0 Å². The first-order valence-electron chi connectivity index (χ1n) is 6.21. The van der Waals surface area contributed by atoms with Crippen LogP contribution in [0.25, 0.3) is 0 Å². The predicted octanol–water partition coefficient (Wildman–Crippen LogP) is 4.88. The first-order valence-corrected chi connectivity index (χ1v) is 7.21. The lowest BCUT2D eigenvalue weighted by atomic mass is 9.91. The molecule has 90 valence electrons. The van der Waals surface area contributed by atoms with Crippen molar-refractivity contribution in [1.82, 2.24) is 0 Å². The molecular formula is C16H21P. The van der Waals surface area contributed by atoms with Gasteiger partial charge in [-0.25, -0.2) is 0 Å². The van der Waals surface area contributed by atoms with Crippen molar-refractivity contribution in [3.63, 3.8) is 0 Å². The molecule has 0 nitrogen and oxygen atoms in total. The van der Waals surface area contributed by atoms with E-state index in [0.29, 0.717) is 5.16 Å². The third-order valence-corrected chi connectivity index (χ3v) is 4.81. The summed E-state index contributed by atoms with van der Waals surface area (Å²) in [6.45, 7) is 7.01. The Hall–Kier alpha value is -0.870. The van der Waals surface area contributed by atoms with E-state index in [4.69, 9.17) is 0 Å². The molecule has 0 N–H and O–H groups in total. The maximum absolute atomic E-state index is 2.39. The van der Waals surface area contributed by atoms with E-state index < -0.39 is 0 Å². The first kappa shape index (κ1) is 12.6. The molecule has 0 amide bonds. The fraction of sp³-hybridized carbons (Fsp3) is 0.375. The van der Waals surface area contributed by atoms with Gasteiger partial charge < -0.3 is 0 Å². The SMILES string of the molecule is CC(C)(C)PC1(c2ccccc2)C=CC=CC1. The molecule has 0 spiro atoms. The molecule has 1 aliphatic carbocycles. The monoisotopic (exact) mass is 244 g/mol. The summed E-state index contributed by atoms with van der Waals surface area (Å²) in [4.78, 5) is 0. The minimum atomic E-state index is 0.217. The Morgan fingerprint density at radius 1 is 1.06 bits per heavy atom. The second-order valence-electron chi connectivity index (χ2n) is 5.70. The van der Waals surface area contributed by atoms with Crippen LogP contribution in [0.15, 0.2) is 54.6 Å². The van der Waals surface area contributed by atoms with Crippen LogP contribution in [0.4, 0.5) is 0 Å². The van der Waals surface area contributed by atoms with Crippen molar-refractivity contribution in [2.75, 3.05) is 0 Å². The zero-order valence-electron chi connectivity index (χ0n) is 10.9. The molecule has 1 aliphatic rings. The van der Waals surface area contributed by atoms with Crippen molar-refractivity contribution >= 4 is 8.58 Å². The Morgan fingerprint density at radius 2 is 1.76 bits per heavy atom. The Bertz CT molecular complexity index is 423. The van der Waals surface area contributed by atoms with Gasteiger partial charge in [-0.15, -0.1) is 8.58 Å². The van der Waals surface area contributed by atoms with Crippen LogP contribution in [0.2, 0.25) is 0 Å². The minimum absolute atomic E-state index is 0.217. The second-order valence-corrected chi connectivity index (χ2v) is 8.35. The van der Waals surface area contributed by atoms with Crippen LogP contribution in [0.1, 0.15) is 32.8 Å². The van der Waals surface area contributed by atoms with Gasteiger partial charge in [0.2, 0.25) is 0 Å². The van der Waals surface area contributed by atoms with Crippen LogP contribution in [0.3, 0.4) is 0 Å². The van der Waals surface area contributed by atoms with Gasteiger partial charge in [-0.3, -0.25) is 0 Å². The summed E-state index contributed by atoms with van der Waals surface area (Å²) in [5, 5.41) is 0.583. The molecule has 0 bridgehead atoms. The van der Waals surface area contributed by atoms with Crippen molar-refractivity contribution in [1.29, 1.82) is 0 Å². The zero-order valence-corrected chi connectivity index (χ0v) is 11.9. The molecule has 1 heteroatoms. The average molecular weight is 244 g/mol. The minimum Gasteiger partial charge on any atom is -0.101 e. The van der Waals surface area contributed by atoms with Gasteiger partial charge in [-0.05, 0) is 17.1 Å². The van der Waals surface area contributed by atoms with Crippen LogP contribution in [-0.2, 0) is 5.16 Å². The summed E-state index contributed by atoms with van der Waals surface area (Å²) in [5.74, 6) is 0. The van der Waals surface area contributed by atoms with Gasteiger partial charge in [0.25, 0.3) is 0 Å². The Labute approximate surface area is 107 Å². The predicted molar refractivity (Wildman–Crippen MR) is 79.1 cm³/mol. The largest absolute Gasteiger partial charge is 0.101 e. The summed E-state index contributed by atoms with van der Waals surface area (Å²) in [6.07, 6.45) is 10.2. The zero-order chi connectivity index (χ0) is 12.4. The molecule has 0 aliphatic heterocycles. The van der Waals surface area contributed by atoms with Gasteiger partial charge in [0.05, 0.1) is 0 Å². The van der Waals surface area contributed by atoms with Crippen LogP contribution in [0.5, 0.6) is 0 Å². The van der Waals surface area contributed by atoms with Gasteiger partial charge in [0.15, 0.2) is 0 Å². The average Bonchev–Trinajstić information content (AvgIpc) is 2.29. The van der Waals surface area contributed by atoms with E-state index in [-0.39, 0.29) is 5.16 Å². The van der Waals surface area contributed by atoms with E-state index >= 15 is 0 Å². The van der Waals surface area contributed by atoms with Gasteiger partial charge in [-0.1, -0.05) is 75.4 Å². The number of hydrogen-bond donors (Lipinski definition) is 0. The van der Waals surface area contributed by atoms with Crippen molar-refractivity contribution < 1.29 is 0 Å². The quantitative estimate of drug-likeness (QED) is 0.651. The maximum Gasteiger partial charge on any atom is 0.0345 e. The number of benzene rings is 1. The molecule has 17 heavy (non-hydrogen) atoms. The highest BCUT2D eigenvalue weighted by Gasteiger charge is 2.33. The van der Waals surface area contributed by atoms with Crippen molar-refractivity contribution in [2.45, 2.75) is 37.5 Å². The number of allylic oxidation sites excluding steroid dienone is 4. The molecule has 2 unspecified atom stereocenters. The van der Waals surface area contributed by atoms with E-state index in [1.807, 2.05) is 0 Å². The molecular weight excluding hydrogens is 223 g/mol. The van der Waals surface area contributed by atoms with Crippen molar-refractivity contribution in [3.05, 3.63) is 60.2 Å².